The lowest BCUT2D eigenvalue weighted by molar-refractivity contribution is 0.215. The Hall–Kier alpha value is -2.28. The number of carbonyl (C=O) groups is 1. The smallest absolute Gasteiger partial charge is 0.321 e. The lowest BCUT2D eigenvalue weighted by atomic mass is 10.1. The molecule has 0 saturated carbocycles. The highest BCUT2D eigenvalue weighted by Crippen LogP contribution is 2.36. The van der Waals surface area contributed by atoms with E-state index >= 15 is 0 Å². The molecule has 3 rings (SSSR count). The molecule has 1 aliphatic rings. The number of nitrogens with zero attached hydrogens (tertiary/aromatic N) is 1. The van der Waals surface area contributed by atoms with Crippen LogP contribution < -0.4 is 10.1 Å². The van der Waals surface area contributed by atoms with Gasteiger partial charge in [0.2, 0.25) is 0 Å². The second-order valence-corrected chi connectivity index (χ2v) is 7.27. The summed E-state index contributed by atoms with van der Waals surface area (Å²) in [5, 5.41) is 2.69. The highest BCUT2D eigenvalue weighted by atomic mass is 32.2. The van der Waals surface area contributed by atoms with Gasteiger partial charge in [0.25, 0.3) is 0 Å². The molecule has 1 aliphatic heterocycles. The molecule has 138 valence electrons. The SMILES string of the molecule is COc1cccc(NC(=O)N2CCSC(c3cc(F)ccc3F)CC2)c1. The molecular formula is C19H20F2N2O2S. The highest BCUT2D eigenvalue weighted by molar-refractivity contribution is 7.99. The number of hydrogen-bond acceptors (Lipinski definition) is 3. The van der Waals surface area contributed by atoms with E-state index in [0.717, 1.165) is 12.1 Å². The third-order valence-electron chi connectivity index (χ3n) is 4.25. The maximum Gasteiger partial charge on any atom is 0.321 e. The molecule has 1 atom stereocenters. The van der Waals surface area contributed by atoms with Crippen LogP contribution in [0.4, 0.5) is 19.3 Å². The molecule has 1 heterocycles. The summed E-state index contributed by atoms with van der Waals surface area (Å²) in [4.78, 5) is 14.2. The molecule has 0 bridgehead atoms. The standard InChI is InChI=1S/C19H20F2N2O2S/c1-25-15-4-2-3-14(12-15)22-19(24)23-8-7-18(26-10-9-23)16-11-13(20)5-6-17(16)21/h2-6,11-12,18H,7-10H2,1H3,(H,22,24). The van der Waals surface area contributed by atoms with Crippen molar-refractivity contribution in [2.45, 2.75) is 11.7 Å². The number of hydrogen-bond donors (Lipinski definition) is 1. The number of rotatable bonds is 3. The van der Waals surface area contributed by atoms with Crippen molar-refractivity contribution < 1.29 is 18.3 Å². The van der Waals surface area contributed by atoms with Crippen LogP contribution in [0.1, 0.15) is 17.2 Å². The third-order valence-corrected chi connectivity index (χ3v) is 5.56. The van der Waals surface area contributed by atoms with Crippen LogP contribution >= 0.6 is 11.8 Å². The summed E-state index contributed by atoms with van der Waals surface area (Å²) in [6, 6.07) is 10.5. The third kappa shape index (κ3) is 4.46. The second kappa shape index (κ2) is 8.40. The molecule has 2 aromatic rings. The average Bonchev–Trinajstić information content (AvgIpc) is 2.90. The molecule has 7 heteroatoms. The predicted molar refractivity (Wildman–Crippen MR) is 99.8 cm³/mol. The van der Waals surface area contributed by atoms with Gasteiger partial charge in [-0.15, -0.1) is 0 Å². The molecule has 1 N–H and O–H groups in total. The number of anilines is 1. The fourth-order valence-electron chi connectivity index (χ4n) is 2.89. The number of halogens is 2. The Kier molecular flexibility index (Phi) is 5.98. The monoisotopic (exact) mass is 378 g/mol. The van der Waals surface area contributed by atoms with Crippen molar-refractivity contribution in [2.75, 3.05) is 31.3 Å². The van der Waals surface area contributed by atoms with Gasteiger partial charge in [-0.2, -0.15) is 11.8 Å². The van der Waals surface area contributed by atoms with Gasteiger partial charge in [0.15, 0.2) is 0 Å². The van der Waals surface area contributed by atoms with Gasteiger partial charge in [-0.05, 0) is 36.8 Å². The summed E-state index contributed by atoms with van der Waals surface area (Å²) in [5.74, 6) is 0.472. The van der Waals surface area contributed by atoms with Gasteiger partial charge >= 0.3 is 6.03 Å². The molecule has 0 radical (unpaired) electrons. The zero-order chi connectivity index (χ0) is 18.5. The molecule has 4 nitrogen and oxygen atoms in total. The van der Waals surface area contributed by atoms with E-state index in [4.69, 9.17) is 4.74 Å². The quantitative estimate of drug-likeness (QED) is 0.843. The van der Waals surface area contributed by atoms with Crippen molar-refractivity contribution >= 4 is 23.5 Å². The number of nitrogens with one attached hydrogen (secondary N) is 1. The van der Waals surface area contributed by atoms with Gasteiger partial charge in [-0.3, -0.25) is 0 Å². The molecule has 1 unspecified atom stereocenters. The molecule has 26 heavy (non-hydrogen) atoms. The van der Waals surface area contributed by atoms with Crippen LogP contribution in [0.3, 0.4) is 0 Å². The zero-order valence-corrected chi connectivity index (χ0v) is 15.2. The van der Waals surface area contributed by atoms with Crippen LogP contribution in [-0.2, 0) is 0 Å². The largest absolute Gasteiger partial charge is 0.497 e. The van der Waals surface area contributed by atoms with E-state index in [-0.39, 0.29) is 11.3 Å². The van der Waals surface area contributed by atoms with Gasteiger partial charge in [-0.25, -0.2) is 13.6 Å². The van der Waals surface area contributed by atoms with Crippen molar-refractivity contribution in [2.24, 2.45) is 0 Å². The second-order valence-electron chi connectivity index (χ2n) is 5.96. The minimum atomic E-state index is -0.445. The number of amides is 2. The van der Waals surface area contributed by atoms with Crippen LogP contribution in [0, 0.1) is 11.6 Å². The fraction of sp³-hybridized carbons (Fsp3) is 0.316. The number of methoxy groups -OCH3 is 1. The zero-order valence-electron chi connectivity index (χ0n) is 14.4. The lowest BCUT2D eigenvalue weighted by Gasteiger charge is -2.21. The predicted octanol–water partition coefficient (Wildman–Crippen LogP) is 4.69. The van der Waals surface area contributed by atoms with E-state index in [9.17, 15) is 13.6 Å². The van der Waals surface area contributed by atoms with Gasteiger partial charge in [0, 0.05) is 41.4 Å². The van der Waals surface area contributed by atoms with Gasteiger partial charge in [0.1, 0.15) is 17.4 Å². The summed E-state index contributed by atoms with van der Waals surface area (Å²) >= 11 is 1.55. The fourth-order valence-corrected chi connectivity index (χ4v) is 4.13. The first-order valence-electron chi connectivity index (χ1n) is 8.33. The minimum absolute atomic E-state index is 0.166. The van der Waals surface area contributed by atoms with Crippen molar-refractivity contribution in [3.8, 4) is 5.75 Å². The van der Waals surface area contributed by atoms with Gasteiger partial charge in [-0.1, -0.05) is 6.07 Å². The van der Waals surface area contributed by atoms with E-state index in [2.05, 4.69) is 5.32 Å². The maximum atomic E-state index is 14.0. The molecule has 2 amide bonds. The first kappa shape index (κ1) is 18.5. The summed E-state index contributed by atoms with van der Waals surface area (Å²) in [6.07, 6.45) is 0.566. The summed E-state index contributed by atoms with van der Waals surface area (Å²) in [7, 11) is 1.57. The molecule has 0 aromatic heterocycles. The van der Waals surface area contributed by atoms with Crippen LogP contribution in [0.2, 0.25) is 0 Å². The first-order valence-corrected chi connectivity index (χ1v) is 9.38. The van der Waals surface area contributed by atoms with E-state index in [1.165, 1.54) is 6.07 Å². The van der Waals surface area contributed by atoms with E-state index < -0.39 is 11.6 Å². The maximum absolute atomic E-state index is 14.0. The summed E-state index contributed by atoms with van der Waals surface area (Å²) in [6.45, 7) is 1.03. The van der Waals surface area contributed by atoms with Crippen molar-refractivity contribution in [1.29, 1.82) is 0 Å². The van der Waals surface area contributed by atoms with Crippen molar-refractivity contribution in [1.82, 2.24) is 4.90 Å². The Bertz CT molecular complexity index is 788. The van der Waals surface area contributed by atoms with Crippen LogP contribution in [0.15, 0.2) is 42.5 Å². The number of carbonyl (C=O) groups excluding carboxylic acids is 1. The van der Waals surface area contributed by atoms with E-state index in [0.29, 0.717) is 42.3 Å². The molecule has 2 aromatic carbocycles. The molecule has 1 fully saturated rings. The summed E-state index contributed by atoms with van der Waals surface area (Å²) in [5.41, 5.74) is 1.02. The molecule has 0 spiro atoms. The van der Waals surface area contributed by atoms with Crippen LogP contribution in [0.25, 0.3) is 0 Å². The van der Waals surface area contributed by atoms with E-state index in [1.807, 2.05) is 0 Å². The van der Waals surface area contributed by atoms with Crippen molar-refractivity contribution in [3.05, 3.63) is 59.7 Å². The van der Waals surface area contributed by atoms with Crippen molar-refractivity contribution in [3.63, 3.8) is 0 Å². The van der Waals surface area contributed by atoms with Crippen LogP contribution in [0.5, 0.6) is 5.75 Å². The molecular weight excluding hydrogens is 358 g/mol. The average molecular weight is 378 g/mol. The minimum Gasteiger partial charge on any atom is -0.497 e. The number of thioether (sulfide) groups is 1. The van der Waals surface area contributed by atoms with E-state index in [1.54, 1.807) is 48.0 Å². The van der Waals surface area contributed by atoms with Crippen LogP contribution in [-0.4, -0.2) is 36.9 Å². The Morgan fingerprint density at radius 1 is 1.23 bits per heavy atom. The number of urea groups is 1. The van der Waals surface area contributed by atoms with Gasteiger partial charge in [0.05, 0.1) is 7.11 Å². The summed E-state index contributed by atoms with van der Waals surface area (Å²) < 4.78 is 32.6. The lowest BCUT2D eigenvalue weighted by Crippen LogP contribution is -2.36. The van der Waals surface area contributed by atoms with Gasteiger partial charge < -0.3 is 15.0 Å². The first-order chi connectivity index (χ1) is 12.6. The Morgan fingerprint density at radius 2 is 2.08 bits per heavy atom. The normalized spacial score (nSPS) is 17.5. The topological polar surface area (TPSA) is 41.6 Å². The highest BCUT2D eigenvalue weighted by Gasteiger charge is 2.24. The number of benzene rings is 2. The Morgan fingerprint density at radius 3 is 2.88 bits per heavy atom. The number of ether oxygens (including phenoxy) is 1. The Labute approximate surface area is 155 Å². The molecule has 1 saturated heterocycles. The Balaban J connectivity index is 1.64. The molecule has 0 aliphatic carbocycles.